The first-order chi connectivity index (χ1) is 21.9. The van der Waals surface area contributed by atoms with Gasteiger partial charge in [0, 0.05) is 71.9 Å². The molecule has 6 saturated carbocycles. The molecule has 12 heteroatoms. The van der Waals surface area contributed by atoms with Gasteiger partial charge in [-0.1, -0.05) is 19.9 Å². The fraction of sp³-hybridized carbons (Fsp3) is 0.529. The Morgan fingerprint density at radius 1 is 0.957 bits per heavy atom. The second-order valence-corrected chi connectivity index (χ2v) is 15.0. The van der Waals surface area contributed by atoms with E-state index in [-0.39, 0.29) is 63.0 Å². The zero-order chi connectivity index (χ0) is 32.1. The van der Waals surface area contributed by atoms with Gasteiger partial charge in [-0.3, -0.25) is 25.1 Å². The highest BCUT2D eigenvalue weighted by Crippen LogP contribution is 2.89. The summed E-state index contributed by atoms with van der Waals surface area (Å²) in [6.07, 6.45) is 2.58. The van der Waals surface area contributed by atoms with E-state index in [9.17, 15) is 34.9 Å². The van der Waals surface area contributed by atoms with Gasteiger partial charge < -0.3 is 14.6 Å². The number of aliphatic hydroxyl groups excluding tert-OH is 1. The monoisotopic (exact) mass is 627 g/mol. The van der Waals surface area contributed by atoms with Crippen LogP contribution in [0.5, 0.6) is 0 Å². The van der Waals surface area contributed by atoms with Gasteiger partial charge in [0.2, 0.25) is 0 Å². The van der Waals surface area contributed by atoms with Gasteiger partial charge in [0.05, 0.1) is 27.1 Å². The van der Waals surface area contributed by atoms with Gasteiger partial charge in [0.25, 0.3) is 11.4 Å². The van der Waals surface area contributed by atoms with Gasteiger partial charge in [0.15, 0.2) is 5.72 Å². The molecule has 3 aliphatic heterocycles. The lowest BCUT2D eigenvalue weighted by atomic mass is 9.38. The Balaban J connectivity index is 1.14. The molecule has 12 atom stereocenters. The molecule has 9 bridgehead atoms. The topological polar surface area (TPSA) is 162 Å². The molecule has 2 aromatic carbocycles. The summed E-state index contributed by atoms with van der Waals surface area (Å²) < 4.78 is 13.1. The van der Waals surface area contributed by atoms with Crippen molar-refractivity contribution in [3.63, 3.8) is 0 Å². The van der Waals surface area contributed by atoms with Crippen LogP contribution in [0.25, 0.3) is 0 Å². The first-order valence-corrected chi connectivity index (χ1v) is 16.0. The summed E-state index contributed by atoms with van der Waals surface area (Å²) in [6.45, 7) is 7.43. The first kappa shape index (κ1) is 28.1. The summed E-state index contributed by atoms with van der Waals surface area (Å²) in [7, 11) is 0. The van der Waals surface area contributed by atoms with Crippen LogP contribution in [0.4, 0.5) is 11.4 Å². The minimum absolute atomic E-state index is 0.0258. The molecule has 9 fully saturated rings. The lowest BCUT2D eigenvalue weighted by molar-refractivity contribution is -0.385. The van der Waals surface area contributed by atoms with Crippen molar-refractivity contribution in [2.75, 3.05) is 6.54 Å². The number of hydrogen-bond donors (Lipinski definition) is 1. The van der Waals surface area contributed by atoms with E-state index < -0.39 is 45.1 Å². The van der Waals surface area contributed by atoms with Gasteiger partial charge in [-0.25, -0.2) is 9.59 Å². The van der Waals surface area contributed by atoms with Crippen molar-refractivity contribution < 1.29 is 34.0 Å². The number of aliphatic hydroxyl groups is 1. The fourth-order valence-electron chi connectivity index (χ4n) is 12.7. The van der Waals surface area contributed by atoms with Crippen molar-refractivity contribution in [3.05, 3.63) is 92.0 Å². The molecule has 0 amide bonds. The molecule has 12 nitrogen and oxygen atoms in total. The van der Waals surface area contributed by atoms with Crippen molar-refractivity contribution in [3.8, 4) is 0 Å². The van der Waals surface area contributed by atoms with Crippen LogP contribution in [0.15, 0.2) is 60.7 Å². The number of non-ortho nitro benzene ring substituents is 2. The maximum atomic E-state index is 13.9. The Morgan fingerprint density at radius 3 is 2.17 bits per heavy atom. The molecule has 46 heavy (non-hydrogen) atoms. The van der Waals surface area contributed by atoms with Crippen LogP contribution in [0.3, 0.4) is 0 Å². The molecule has 6 aliphatic carbocycles. The first-order valence-electron chi connectivity index (χ1n) is 16.0. The van der Waals surface area contributed by atoms with Gasteiger partial charge >= 0.3 is 11.9 Å². The number of ether oxygens (including phenoxy) is 2. The van der Waals surface area contributed by atoms with E-state index in [4.69, 9.17) is 9.47 Å². The number of carbonyl (C=O) groups excluding carboxylic acids is 2. The van der Waals surface area contributed by atoms with Crippen LogP contribution in [-0.2, 0) is 9.47 Å². The van der Waals surface area contributed by atoms with Crippen molar-refractivity contribution in [2.45, 2.75) is 63.0 Å². The average Bonchev–Trinajstić information content (AvgIpc) is 3.41. The second-order valence-electron chi connectivity index (χ2n) is 15.0. The zero-order valence-electron chi connectivity index (χ0n) is 25.2. The lowest BCUT2D eigenvalue weighted by Gasteiger charge is -2.68. The highest BCUT2D eigenvalue weighted by atomic mass is 16.6. The van der Waals surface area contributed by atoms with E-state index in [0.29, 0.717) is 12.0 Å². The molecule has 2 unspecified atom stereocenters. The number of piperidine rings is 2. The van der Waals surface area contributed by atoms with Crippen molar-refractivity contribution in [2.24, 2.45) is 39.9 Å². The van der Waals surface area contributed by atoms with E-state index in [1.807, 2.05) is 0 Å². The molecule has 11 rings (SSSR count). The van der Waals surface area contributed by atoms with Crippen LogP contribution in [0.1, 0.15) is 59.7 Å². The Hall–Kier alpha value is -4.16. The minimum Gasteiger partial charge on any atom is -0.454 e. The summed E-state index contributed by atoms with van der Waals surface area (Å²) >= 11 is 0. The molecule has 3 saturated heterocycles. The van der Waals surface area contributed by atoms with Gasteiger partial charge in [-0.2, -0.15) is 0 Å². The molecule has 0 radical (unpaired) electrons. The number of fused-ring (bicyclic) bond motifs is 1. The molecule has 1 N–H and O–H groups in total. The Labute approximate surface area is 263 Å². The number of hydrogen-bond acceptors (Lipinski definition) is 10. The molecule has 238 valence electrons. The number of nitrogens with zero attached hydrogens (tertiary/aromatic N) is 3. The average molecular weight is 628 g/mol. The Bertz CT molecular complexity index is 1780. The van der Waals surface area contributed by atoms with Gasteiger partial charge in [-0.15, -0.1) is 0 Å². The van der Waals surface area contributed by atoms with E-state index in [0.717, 1.165) is 32.2 Å². The van der Waals surface area contributed by atoms with Crippen LogP contribution >= 0.6 is 0 Å². The van der Waals surface area contributed by atoms with E-state index in [2.05, 4.69) is 18.4 Å². The van der Waals surface area contributed by atoms with Crippen LogP contribution in [0.2, 0.25) is 0 Å². The van der Waals surface area contributed by atoms with Crippen LogP contribution in [-0.4, -0.2) is 62.3 Å². The highest BCUT2D eigenvalue weighted by molar-refractivity contribution is 5.91. The third kappa shape index (κ3) is 2.99. The normalized spacial score (nSPS) is 44.7. The minimum atomic E-state index is -0.992. The predicted molar refractivity (Wildman–Crippen MR) is 159 cm³/mol. The van der Waals surface area contributed by atoms with Crippen molar-refractivity contribution >= 4 is 23.3 Å². The van der Waals surface area contributed by atoms with Gasteiger partial charge in [-0.05, 0) is 60.4 Å². The van der Waals surface area contributed by atoms with Crippen molar-refractivity contribution in [1.82, 2.24) is 4.90 Å². The number of carbonyl (C=O) groups is 2. The number of nitro groups is 2. The maximum Gasteiger partial charge on any atom is 0.339 e. The quantitative estimate of drug-likeness (QED) is 0.206. The van der Waals surface area contributed by atoms with Gasteiger partial charge in [0.1, 0.15) is 6.10 Å². The molecule has 2 spiro atoms. The Morgan fingerprint density at radius 2 is 1.57 bits per heavy atom. The van der Waals surface area contributed by atoms with E-state index >= 15 is 0 Å². The summed E-state index contributed by atoms with van der Waals surface area (Å²) in [5, 5.41) is 34.6. The van der Waals surface area contributed by atoms with Crippen LogP contribution < -0.4 is 0 Å². The third-order valence-electron chi connectivity index (χ3n) is 13.4. The predicted octanol–water partition coefficient (Wildman–Crippen LogP) is 4.66. The molecule has 3 heterocycles. The fourth-order valence-corrected chi connectivity index (χ4v) is 12.7. The summed E-state index contributed by atoms with van der Waals surface area (Å²) in [4.78, 5) is 51.4. The molecule has 2 aromatic rings. The number of nitro benzene ring substituents is 2. The third-order valence-corrected chi connectivity index (χ3v) is 13.4. The number of esters is 2. The van der Waals surface area contributed by atoms with E-state index in [1.54, 1.807) is 0 Å². The second kappa shape index (κ2) is 8.60. The molecular formula is C34H33N3O9. The molecular weight excluding hydrogens is 594 g/mol. The maximum absolute atomic E-state index is 13.9. The largest absolute Gasteiger partial charge is 0.454 e. The standard InChI is InChI=1S/C34H33N3O9/c1-17-22-14-23-26-32-13-3-12-31(2)16-35(26)34(30(31)32,46-29(40)19-6-10-21(11-7-19)37(43)44)15-33(23,25(32)24(22)38)27(17)45-28(39)18-4-8-20(9-5-18)36(41)42/h4-11,22-27,30,38H,1,3,12-16H2,2H3/t22-,23-,24+,25+,26?,27-,30-,31+,32+,33-,34+/m1/s1. The van der Waals surface area contributed by atoms with Crippen molar-refractivity contribution in [1.29, 1.82) is 0 Å². The lowest BCUT2D eigenvalue weighted by Crippen LogP contribution is -2.72. The smallest absolute Gasteiger partial charge is 0.339 e. The molecule has 0 aromatic heterocycles. The summed E-state index contributed by atoms with van der Waals surface area (Å²) in [5.74, 6) is -1.49. The van der Waals surface area contributed by atoms with Crippen LogP contribution in [0, 0.1) is 60.1 Å². The summed E-state index contributed by atoms with van der Waals surface area (Å²) in [5.41, 5.74) is -1.34. The Kier molecular flexibility index (Phi) is 5.25. The molecule has 9 aliphatic rings. The SMILES string of the molecule is C=C1[C@H]2C[C@@H]3C4N5C[C@]6(C)CCC[C@@]47[C@@H]6[C@@]5(OC(=O)c4ccc([N+](=O)[O-])cc4)C[C@]3([C@@H]1OC(=O)c1ccc([N+](=O)[O-])cc1)[C@H]7[C@H]2O. The number of rotatable bonds is 6. The highest BCUT2D eigenvalue weighted by Gasteiger charge is 2.95. The van der Waals surface area contributed by atoms with E-state index in [1.165, 1.54) is 48.5 Å². The number of benzene rings is 2. The zero-order valence-corrected chi connectivity index (χ0v) is 25.2. The summed E-state index contributed by atoms with van der Waals surface area (Å²) in [6, 6.07) is 10.8.